The summed E-state index contributed by atoms with van der Waals surface area (Å²) in [4.78, 5) is 16.5. The Morgan fingerprint density at radius 3 is 2.67 bits per heavy atom. The molecule has 0 radical (unpaired) electrons. The molecule has 1 amide bonds. The van der Waals surface area contributed by atoms with Crippen LogP contribution >= 0.6 is 11.8 Å². The van der Waals surface area contributed by atoms with Gasteiger partial charge in [0.15, 0.2) is 5.69 Å². The number of hydroxylamine groups is 1. The minimum absolute atomic E-state index is 0.0841. The Labute approximate surface area is 178 Å². The van der Waals surface area contributed by atoms with Gasteiger partial charge in [-0.3, -0.25) is 15.4 Å². The third kappa shape index (κ3) is 7.50. The Bertz CT molecular complexity index is 786. The number of phenols is 1. The fourth-order valence-electron chi connectivity index (χ4n) is 2.83. The average molecular weight is 440 g/mol. The highest BCUT2D eigenvalue weighted by Gasteiger charge is 2.29. The molecule has 11 heteroatoms. The summed E-state index contributed by atoms with van der Waals surface area (Å²) >= 11 is 1.65. The molecule has 1 aromatic heterocycles. The number of carbonyl (C=O) groups is 1. The van der Waals surface area contributed by atoms with Gasteiger partial charge in [-0.05, 0) is 56.0 Å². The molecule has 5 N–H and O–H groups in total. The maximum atomic E-state index is 12.6. The van der Waals surface area contributed by atoms with E-state index in [1.807, 2.05) is 6.26 Å². The van der Waals surface area contributed by atoms with E-state index in [4.69, 9.17) is 4.42 Å². The van der Waals surface area contributed by atoms with Crippen LogP contribution in [0.5, 0.6) is 5.75 Å². The average Bonchev–Trinajstić information content (AvgIpc) is 3.16. The summed E-state index contributed by atoms with van der Waals surface area (Å²) in [5, 5.41) is 44.6. The predicted molar refractivity (Wildman–Crippen MR) is 114 cm³/mol. The number of nitrogens with one attached hydrogen (secondary N) is 2. The number of hydrazine groups is 1. The van der Waals surface area contributed by atoms with E-state index < -0.39 is 24.2 Å². The number of nitrogens with zero attached hydrogens (tertiary/aromatic N) is 2. The second kappa shape index (κ2) is 11.8. The zero-order valence-electron chi connectivity index (χ0n) is 16.8. The second-order valence-corrected chi connectivity index (χ2v) is 7.78. The number of hydrogen-bond acceptors (Lipinski definition) is 10. The summed E-state index contributed by atoms with van der Waals surface area (Å²) in [6, 6.07) is 5.38. The molecule has 0 aliphatic carbocycles. The molecule has 3 unspecified atom stereocenters. The van der Waals surface area contributed by atoms with E-state index in [0.717, 1.165) is 24.0 Å². The van der Waals surface area contributed by atoms with E-state index in [9.17, 15) is 25.3 Å². The molecular formula is C19H27N4O6S-. The smallest absolute Gasteiger partial charge is 0.309 e. The molecule has 0 aliphatic heterocycles. The molecule has 1 heterocycles. The molecule has 0 bridgehead atoms. The summed E-state index contributed by atoms with van der Waals surface area (Å²) in [5.74, 6) is 0.323. The third-order valence-electron chi connectivity index (χ3n) is 4.35. The van der Waals surface area contributed by atoms with Crippen LogP contribution in [0.1, 0.15) is 28.9 Å². The monoisotopic (exact) mass is 439 g/mol. The first-order valence-corrected chi connectivity index (χ1v) is 10.8. The first-order valence-electron chi connectivity index (χ1n) is 9.37. The van der Waals surface area contributed by atoms with Crippen molar-refractivity contribution in [3.8, 4) is 5.75 Å². The third-order valence-corrected chi connectivity index (χ3v) is 5.05. The first-order chi connectivity index (χ1) is 14.3. The van der Waals surface area contributed by atoms with E-state index in [2.05, 4.69) is 15.7 Å². The van der Waals surface area contributed by atoms with E-state index in [1.54, 1.807) is 23.9 Å². The van der Waals surface area contributed by atoms with E-state index in [-0.39, 0.29) is 23.9 Å². The molecule has 0 saturated carbocycles. The van der Waals surface area contributed by atoms with Gasteiger partial charge in [0.05, 0.1) is 12.1 Å². The lowest BCUT2D eigenvalue weighted by molar-refractivity contribution is -0.00735. The van der Waals surface area contributed by atoms with Crippen molar-refractivity contribution in [3.05, 3.63) is 47.0 Å². The van der Waals surface area contributed by atoms with Gasteiger partial charge in [-0.2, -0.15) is 16.7 Å². The van der Waals surface area contributed by atoms with Crippen molar-refractivity contribution in [2.45, 2.75) is 37.5 Å². The topological polar surface area (TPSA) is 154 Å². The quantitative estimate of drug-likeness (QED) is 0.242. The summed E-state index contributed by atoms with van der Waals surface area (Å²) in [6.45, 7) is 0. The zero-order chi connectivity index (χ0) is 22.1. The van der Waals surface area contributed by atoms with Crippen LogP contribution in [0.3, 0.4) is 0 Å². The lowest BCUT2D eigenvalue weighted by Crippen LogP contribution is -2.50. The van der Waals surface area contributed by atoms with Crippen LogP contribution in [0, 0.1) is 5.21 Å². The number of anilines is 1. The highest BCUT2D eigenvalue weighted by Crippen LogP contribution is 2.17. The van der Waals surface area contributed by atoms with E-state index >= 15 is 0 Å². The van der Waals surface area contributed by atoms with Crippen molar-refractivity contribution in [2.24, 2.45) is 0 Å². The maximum Gasteiger partial charge on any atom is 0.309 e. The van der Waals surface area contributed by atoms with Crippen molar-refractivity contribution in [1.29, 1.82) is 0 Å². The Hall–Kier alpha value is -2.31. The van der Waals surface area contributed by atoms with Gasteiger partial charge < -0.3 is 30.3 Å². The summed E-state index contributed by atoms with van der Waals surface area (Å²) < 4.78 is 5.02. The van der Waals surface area contributed by atoms with Crippen molar-refractivity contribution in [2.75, 3.05) is 24.5 Å². The van der Waals surface area contributed by atoms with E-state index in [0.29, 0.717) is 11.6 Å². The fourth-order valence-corrected chi connectivity index (χ4v) is 3.28. The normalized spacial score (nSPS) is 14.3. The molecule has 1 aromatic carbocycles. The molecule has 10 nitrogen and oxygen atoms in total. The maximum absolute atomic E-state index is 12.6. The number of aliphatic hydroxyl groups excluding tert-OH is 2. The lowest BCUT2D eigenvalue weighted by Gasteiger charge is -2.28. The number of aromatic nitrogens is 1. The van der Waals surface area contributed by atoms with Gasteiger partial charge in [0.2, 0.25) is 0 Å². The summed E-state index contributed by atoms with van der Waals surface area (Å²) in [5.41, 5.74) is 2.92. The van der Waals surface area contributed by atoms with Gasteiger partial charge in [-0.1, -0.05) is 12.1 Å². The zero-order valence-corrected chi connectivity index (χ0v) is 17.6. The Balaban J connectivity index is 2.11. The number of benzene rings is 1. The number of hydrogen-bond donors (Lipinski definition) is 5. The summed E-state index contributed by atoms with van der Waals surface area (Å²) in [7, 11) is 1.20. The standard InChI is InChI=1S/C19H27N4O6S/c1-23(28)22-19-21-15(11-29-19)18(27)20-14(10-12-5-7-13(24)8-6-12)17(26)16(25)4-3-9-30-2/h5-8,11,14,16-17,24-26H,3-4,9-10H2,1-2H3,(H,20,27)(H,21,22)/q-1. The van der Waals surface area contributed by atoms with Gasteiger partial charge in [0.25, 0.3) is 5.91 Å². The van der Waals surface area contributed by atoms with Crippen molar-refractivity contribution in [3.63, 3.8) is 0 Å². The molecule has 0 aliphatic rings. The van der Waals surface area contributed by atoms with Gasteiger partial charge in [0, 0.05) is 0 Å². The van der Waals surface area contributed by atoms with Crippen LogP contribution in [0.25, 0.3) is 0 Å². The predicted octanol–water partition coefficient (Wildman–Crippen LogP) is 1.34. The van der Waals surface area contributed by atoms with Gasteiger partial charge in [0.1, 0.15) is 18.1 Å². The SMILES string of the molecule is CSCCCC(O)C(O)C(Cc1ccc(O)cc1)NC(=O)c1coc(NN(C)[O-])n1. The Morgan fingerprint density at radius 1 is 1.33 bits per heavy atom. The van der Waals surface area contributed by atoms with Gasteiger partial charge >= 0.3 is 6.01 Å². The van der Waals surface area contributed by atoms with Crippen LogP contribution in [0.15, 0.2) is 34.9 Å². The van der Waals surface area contributed by atoms with E-state index in [1.165, 1.54) is 19.2 Å². The van der Waals surface area contributed by atoms with Crippen LogP contribution in [0.4, 0.5) is 6.01 Å². The number of amides is 1. The largest absolute Gasteiger partial charge is 0.768 e. The van der Waals surface area contributed by atoms with Crippen LogP contribution < -0.4 is 10.7 Å². The number of rotatable bonds is 12. The van der Waals surface area contributed by atoms with Crippen molar-refractivity contribution < 1.29 is 24.5 Å². The Kier molecular flexibility index (Phi) is 9.40. The molecule has 30 heavy (non-hydrogen) atoms. The molecule has 0 fully saturated rings. The van der Waals surface area contributed by atoms with Crippen LogP contribution in [-0.4, -0.2) is 68.7 Å². The number of carbonyl (C=O) groups excluding carboxylic acids is 1. The minimum atomic E-state index is -1.22. The molecular weight excluding hydrogens is 412 g/mol. The van der Waals surface area contributed by atoms with Gasteiger partial charge in [-0.15, -0.1) is 0 Å². The molecule has 2 rings (SSSR count). The van der Waals surface area contributed by atoms with Crippen LogP contribution in [0.2, 0.25) is 0 Å². The van der Waals surface area contributed by atoms with Gasteiger partial charge in [-0.25, -0.2) is 0 Å². The highest BCUT2D eigenvalue weighted by molar-refractivity contribution is 7.98. The Morgan fingerprint density at radius 2 is 2.03 bits per heavy atom. The fraction of sp³-hybridized carbons (Fsp3) is 0.474. The second-order valence-electron chi connectivity index (χ2n) is 6.79. The summed E-state index contributed by atoms with van der Waals surface area (Å²) in [6.07, 6.45) is 2.13. The number of aliphatic hydroxyl groups is 2. The minimum Gasteiger partial charge on any atom is -0.768 e. The van der Waals surface area contributed by atoms with Crippen molar-refractivity contribution in [1.82, 2.24) is 15.5 Å². The number of thioether (sulfide) groups is 1. The van der Waals surface area contributed by atoms with Crippen molar-refractivity contribution >= 4 is 23.7 Å². The molecule has 3 atom stereocenters. The molecule has 0 spiro atoms. The number of oxazole rings is 1. The molecule has 166 valence electrons. The van der Waals surface area contributed by atoms with Crippen LogP contribution in [-0.2, 0) is 6.42 Å². The molecule has 2 aromatic rings. The molecule has 0 saturated heterocycles. The number of aromatic hydroxyl groups is 1. The first kappa shape index (κ1) is 24.0. The lowest BCUT2D eigenvalue weighted by atomic mass is 9.95. The highest BCUT2D eigenvalue weighted by atomic mass is 32.2. The number of phenolic OH excluding ortho intramolecular Hbond substituents is 1.